The molecule has 1 aliphatic carbocycles. The highest BCUT2D eigenvalue weighted by atomic mass is 79.9. The molecular formula is C29H34BrNO. The lowest BCUT2D eigenvalue weighted by atomic mass is 9.80. The van der Waals surface area contributed by atoms with Gasteiger partial charge in [0.25, 0.3) is 0 Å². The molecule has 2 aliphatic heterocycles. The van der Waals surface area contributed by atoms with Gasteiger partial charge < -0.3 is 26.2 Å². The third-order valence-electron chi connectivity index (χ3n) is 9.27. The number of quaternary nitrogens is 1. The van der Waals surface area contributed by atoms with E-state index in [1.807, 2.05) is 0 Å². The second kappa shape index (κ2) is 8.27. The molecule has 3 aromatic carbocycles. The van der Waals surface area contributed by atoms with E-state index in [0.717, 1.165) is 31.5 Å². The molecule has 2 saturated heterocycles. The van der Waals surface area contributed by atoms with Crippen molar-refractivity contribution in [1.29, 1.82) is 0 Å². The Balaban J connectivity index is 0.00000216. The lowest BCUT2D eigenvalue weighted by Gasteiger charge is -2.44. The average molecular weight is 493 g/mol. The molecule has 6 atom stereocenters. The molecule has 0 bridgehead atoms. The van der Waals surface area contributed by atoms with E-state index in [2.05, 4.69) is 86.6 Å². The van der Waals surface area contributed by atoms with E-state index in [0.29, 0.717) is 17.6 Å². The lowest BCUT2D eigenvalue weighted by molar-refractivity contribution is -0.966. The molecule has 3 aromatic rings. The number of benzene rings is 3. The van der Waals surface area contributed by atoms with Crippen LogP contribution in [0.3, 0.4) is 0 Å². The summed E-state index contributed by atoms with van der Waals surface area (Å²) in [6.45, 7) is 9.48. The third kappa shape index (κ3) is 3.20. The first kappa shape index (κ1) is 22.1. The summed E-state index contributed by atoms with van der Waals surface area (Å²) in [5, 5.41) is 2.80. The van der Waals surface area contributed by atoms with Gasteiger partial charge in [0.05, 0.1) is 13.2 Å². The number of hydrogen-bond donors (Lipinski definition) is 0. The van der Waals surface area contributed by atoms with Gasteiger partial charge in [0.15, 0.2) is 0 Å². The molecule has 2 heterocycles. The molecule has 0 radical (unpaired) electrons. The van der Waals surface area contributed by atoms with E-state index in [1.54, 1.807) is 0 Å². The zero-order chi connectivity index (χ0) is 21.1. The van der Waals surface area contributed by atoms with Crippen LogP contribution in [0.15, 0.2) is 72.8 Å². The van der Waals surface area contributed by atoms with E-state index >= 15 is 0 Å². The van der Waals surface area contributed by atoms with Crippen LogP contribution in [0.25, 0.3) is 10.8 Å². The summed E-state index contributed by atoms with van der Waals surface area (Å²) in [5.41, 5.74) is 3.15. The summed E-state index contributed by atoms with van der Waals surface area (Å²) in [7, 11) is 0. The minimum atomic E-state index is 0. The van der Waals surface area contributed by atoms with Crippen molar-refractivity contribution in [2.24, 2.45) is 17.8 Å². The molecule has 3 heteroatoms. The van der Waals surface area contributed by atoms with Crippen LogP contribution in [0.4, 0.5) is 0 Å². The maximum Gasteiger partial charge on any atom is 0.116 e. The SMILES string of the molecule is C[C@@H]1C[N@@+]2(Cc3cccc4ccccc34)C[C@@H](OCc3ccccc3)[C@H]3CC[C@@H]1[C@]32C.[Br-]. The Labute approximate surface area is 202 Å². The Morgan fingerprint density at radius 2 is 1.59 bits per heavy atom. The van der Waals surface area contributed by atoms with Crippen LogP contribution < -0.4 is 17.0 Å². The van der Waals surface area contributed by atoms with Gasteiger partial charge in [0, 0.05) is 23.3 Å². The van der Waals surface area contributed by atoms with Crippen molar-refractivity contribution >= 4 is 10.8 Å². The minimum absolute atomic E-state index is 0. The van der Waals surface area contributed by atoms with Crippen LogP contribution >= 0.6 is 0 Å². The minimum Gasteiger partial charge on any atom is -1.00 e. The molecule has 0 N–H and O–H groups in total. The monoisotopic (exact) mass is 491 g/mol. The van der Waals surface area contributed by atoms with Gasteiger partial charge in [-0.1, -0.05) is 79.7 Å². The molecule has 0 spiro atoms. The fourth-order valence-corrected chi connectivity index (χ4v) is 7.97. The molecule has 3 fully saturated rings. The van der Waals surface area contributed by atoms with Gasteiger partial charge in [0.1, 0.15) is 24.7 Å². The predicted molar refractivity (Wildman–Crippen MR) is 126 cm³/mol. The molecule has 2 nitrogen and oxygen atoms in total. The maximum atomic E-state index is 6.69. The summed E-state index contributed by atoms with van der Waals surface area (Å²) < 4.78 is 7.91. The van der Waals surface area contributed by atoms with Crippen LogP contribution in [-0.4, -0.2) is 29.2 Å². The summed E-state index contributed by atoms with van der Waals surface area (Å²) in [6, 6.07) is 26.5. The van der Waals surface area contributed by atoms with Crippen molar-refractivity contribution in [3.63, 3.8) is 0 Å². The van der Waals surface area contributed by atoms with Crippen LogP contribution in [0.1, 0.15) is 37.8 Å². The van der Waals surface area contributed by atoms with E-state index in [-0.39, 0.29) is 17.0 Å². The fourth-order valence-electron chi connectivity index (χ4n) is 7.97. The summed E-state index contributed by atoms with van der Waals surface area (Å²) >= 11 is 0. The smallest absolute Gasteiger partial charge is 0.116 e. The zero-order valence-electron chi connectivity index (χ0n) is 19.2. The number of hydrogen-bond acceptors (Lipinski definition) is 1. The summed E-state index contributed by atoms with van der Waals surface area (Å²) in [6.07, 6.45) is 3.08. The molecule has 1 saturated carbocycles. The Kier molecular flexibility index (Phi) is 5.72. The van der Waals surface area contributed by atoms with Crippen molar-refractivity contribution in [3.05, 3.63) is 83.9 Å². The highest BCUT2D eigenvalue weighted by molar-refractivity contribution is 5.85. The summed E-state index contributed by atoms with van der Waals surface area (Å²) in [4.78, 5) is 0. The van der Waals surface area contributed by atoms with Crippen LogP contribution in [-0.2, 0) is 17.9 Å². The van der Waals surface area contributed by atoms with Gasteiger partial charge in [-0.3, -0.25) is 0 Å². The third-order valence-corrected chi connectivity index (χ3v) is 9.27. The number of fused-ring (bicyclic) bond motifs is 1. The van der Waals surface area contributed by atoms with Crippen molar-refractivity contribution in [2.45, 2.75) is 51.5 Å². The molecular weight excluding hydrogens is 458 g/mol. The van der Waals surface area contributed by atoms with E-state index < -0.39 is 0 Å². The van der Waals surface area contributed by atoms with E-state index in [1.165, 1.54) is 45.8 Å². The zero-order valence-corrected chi connectivity index (χ0v) is 20.8. The van der Waals surface area contributed by atoms with Gasteiger partial charge in [-0.25, -0.2) is 0 Å². The first-order valence-corrected chi connectivity index (χ1v) is 12.1. The van der Waals surface area contributed by atoms with Gasteiger partial charge in [-0.15, -0.1) is 0 Å². The Morgan fingerprint density at radius 3 is 2.44 bits per heavy atom. The molecule has 0 aromatic heterocycles. The molecule has 3 aliphatic rings. The average Bonchev–Trinajstić information content (AvgIpc) is 3.34. The van der Waals surface area contributed by atoms with Gasteiger partial charge in [-0.05, 0) is 36.1 Å². The van der Waals surface area contributed by atoms with E-state index in [9.17, 15) is 0 Å². The largest absolute Gasteiger partial charge is 1.00 e. The highest BCUT2D eigenvalue weighted by Gasteiger charge is 2.73. The topological polar surface area (TPSA) is 9.23 Å². The second-order valence-corrected chi connectivity index (χ2v) is 10.6. The quantitative estimate of drug-likeness (QED) is 0.498. The first-order chi connectivity index (χ1) is 15.1. The Morgan fingerprint density at radius 1 is 0.875 bits per heavy atom. The van der Waals surface area contributed by atoms with Crippen molar-refractivity contribution < 1.29 is 26.2 Å². The van der Waals surface area contributed by atoms with Crippen LogP contribution in [0.5, 0.6) is 0 Å². The van der Waals surface area contributed by atoms with Crippen LogP contribution in [0.2, 0.25) is 0 Å². The highest BCUT2D eigenvalue weighted by Crippen LogP contribution is 2.63. The molecule has 6 rings (SSSR count). The predicted octanol–water partition coefficient (Wildman–Crippen LogP) is 3.19. The van der Waals surface area contributed by atoms with Gasteiger partial charge >= 0.3 is 0 Å². The standard InChI is InChI=1S/C29H34NO.BrH/c1-21-17-30(18-24-13-8-12-23-11-6-7-14-25(23)24)19-28(27-16-15-26(21)29(27,30)2)31-20-22-9-4-3-5-10-22;/h3-14,21,26-28H,15-20H2,1-2H3;1H/q+1;/p-1/t21-,26+,27-,28-,29-,30-;/m1./s1. The van der Waals surface area contributed by atoms with Gasteiger partial charge in [-0.2, -0.15) is 0 Å². The Bertz CT molecular complexity index is 1100. The number of halogens is 1. The summed E-state index contributed by atoms with van der Waals surface area (Å²) in [5.74, 6) is 2.32. The molecule has 168 valence electrons. The molecule has 32 heavy (non-hydrogen) atoms. The van der Waals surface area contributed by atoms with Crippen molar-refractivity contribution in [2.75, 3.05) is 13.1 Å². The van der Waals surface area contributed by atoms with Crippen LogP contribution in [0, 0.1) is 17.8 Å². The number of rotatable bonds is 5. The Hall–Kier alpha value is -1.68. The normalized spacial score (nSPS) is 35.1. The van der Waals surface area contributed by atoms with Crippen molar-refractivity contribution in [3.8, 4) is 0 Å². The van der Waals surface area contributed by atoms with E-state index in [4.69, 9.17) is 4.74 Å². The first-order valence-electron chi connectivity index (χ1n) is 12.1. The number of ether oxygens (including phenoxy) is 1. The number of nitrogens with zero attached hydrogens (tertiary/aromatic N) is 1. The molecule has 0 unspecified atom stereocenters. The maximum absolute atomic E-state index is 6.69. The fraction of sp³-hybridized carbons (Fsp3) is 0.448. The van der Waals surface area contributed by atoms with Gasteiger partial charge in [0.2, 0.25) is 0 Å². The lowest BCUT2D eigenvalue weighted by Crippen LogP contribution is -3.00. The van der Waals surface area contributed by atoms with Crippen molar-refractivity contribution in [1.82, 2.24) is 0 Å². The second-order valence-electron chi connectivity index (χ2n) is 10.6. The molecule has 0 amide bonds.